The highest BCUT2D eigenvalue weighted by atomic mass is 32.1. The number of aryl methyl sites for hydroxylation is 1. The monoisotopic (exact) mass is 322 g/mol. The van der Waals surface area contributed by atoms with E-state index in [1.165, 1.54) is 21.6 Å². The Labute approximate surface area is 137 Å². The van der Waals surface area contributed by atoms with Crippen LogP contribution in [0.1, 0.15) is 25.5 Å². The Balaban J connectivity index is 1.69. The maximum absolute atomic E-state index is 5.86. The summed E-state index contributed by atoms with van der Waals surface area (Å²) in [6.07, 6.45) is 2.22. The molecule has 1 aromatic carbocycles. The van der Waals surface area contributed by atoms with Crippen molar-refractivity contribution in [2.24, 2.45) is 0 Å². The molecule has 0 spiro atoms. The van der Waals surface area contributed by atoms with Gasteiger partial charge in [-0.2, -0.15) is 4.37 Å². The second-order valence-corrected chi connectivity index (χ2v) is 6.21. The van der Waals surface area contributed by atoms with E-state index >= 15 is 0 Å². The van der Waals surface area contributed by atoms with Crippen molar-refractivity contribution >= 4 is 21.6 Å². The number of likely N-dealkylation sites (N-methyl/N-ethyl adjacent to an activating group) is 1. The van der Waals surface area contributed by atoms with Crippen LogP contribution in [0.15, 0.2) is 18.2 Å². The first-order valence-corrected chi connectivity index (χ1v) is 8.72. The Bertz CT molecular complexity index is 571. The molecule has 1 aromatic heterocycles. The van der Waals surface area contributed by atoms with Gasteiger partial charge in [-0.3, -0.25) is 0 Å². The molecule has 1 heterocycles. The average molecular weight is 322 g/mol. The second-order valence-electron chi connectivity index (χ2n) is 5.41. The molecule has 2 aromatic rings. The molecule has 0 saturated carbocycles. The van der Waals surface area contributed by atoms with E-state index in [4.69, 9.17) is 9.47 Å². The summed E-state index contributed by atoms with van der Waals surface area (Å²) in [7, 11) is 1.75. The molecule has 5 heteroatoms. The summed E-state index contributed by atoms with van der Waals surface area (Å²) in [6, 6.07) is 6.24. The highest BCUT2D eigenvalue weighted by Crippen LogP contribution is 2.26. The van der Waals surface area contributed by atoms with Gasteiger partial charge in [-0.1, -0.05) is 6.92 Å². The number of aromatic nitrogens is 1. The normalized spacial score (nSPS) is 11.5. The van der Waals surface area contributed by atoms with E-state index in [1.54, 1.807) is 7.11 Å². The summed E-state index contributed by atoms with van der Waals surface area (Å²) in [5.41, 5.74) is 1.10. The van der Waals surface area contributed by atoms with Gasteiger partial charge >= 0.3 is 0 Å². The van der Waals surface area contributed by atoms with Crippen LogP contribution < -0.4 is 4.74 Å². The molecule has 0 aliphatic carbocycles. The van der Waals surface area contributed by atoms with Crippen LogP contribution in [-0.4, -0.2) is 49.2 Å². The SMILES string of the molecule is CCN(CCCCOc1ccc2c(C)nsc2c1)CCOC. The van der Waals surface area contributed by atoms with Crippen LogP contribution in [0.2, 0.25) is 0 Å². The highest BCUT2D eigenvalue weighted by Gasteiger charge is 2.04. The molecule has 4 nitrogen and oxygen atoms in total. The Morgan fingerprint density at radius 3 is 2.82 bits per heavy atom. The summed E-state index contributed by atoms with van der Waals surface area (Å²) < 4.78 is 16.6. The van der Waals surface area contributed by atoms with Crippen molar-refractivity contribution in [1.29, 1.82) is 0 Å². The lowest BCUT2D eigenvalue weighted by atomic mass is 10.2. The fraction of sp³-hybridized carbons (Fsp3) is 0.588. The first-order valence-electron chi connectivity index (χ1n) is 7.94. The van der Waals surface area contributed by atoms with Crippen molar-refractivity contribution in [1.82, 2.24) is 9.27 Å². The van der Waals surface area contributed by atoms with Crippen molar-refractivity contribution in [3.05, 3.63) is 23.9 Å². The molecule has 2 rings (SSSR count). The zero-order valence-electron chi connectivity index (χ0n) is 13.8. The van der Waals surface area contributed by atoms with Gasteiger partial charge < -0.3 is 14.4 Å². The van der Waals surface area contributed by atoms with Gasteiger partial charge in [0.05, 0.1) is 23.6 Å². The van der Waals surface area contributed by atoms with Gasteiger partial charge in [0.2, 0.25) is 0 Å². The number of hydrogen-bond acceptors (Lipinski definition) is 5. The van der Waals surface area contributed by atoms with Gasteiger partial charge in [0, 0.05) is 19.0 Å². The van der Waals surface area contributed by atoms with Crippen LogP contribution in [0.3, 0.4) is 0 Å². The summed E-state index contributed by atoms with van der Waals surface area (Å²) in [4.78, 5) is 2.41. The first-order chi connectivity index (χ1) is 10.7. The predicted octanol–water partition coefficient (Wildman–Crippen LogP) is 3.73. The molecule has 0 radical (unpaired) electrons. The summed E-state index contributed by atoms with van der Waals surface area (Å²) in [6.45, 7) is 9.00. The minimum Gasteiger partial charge on any atom is -0.494 e. The average Bonchev–Trinajstić information content (AvgIpc) is 2.91. The Morgan fingerprint density at radius 1 is 1.18 bits per heavy atom. The number of methoxy groups -OCH3 is 1. The number of ether oxygens (including phenoxy) is 2. The zero-order chi connectivity index (χ0) is 15.8. The number of unbranched alkanes of at least 4 members (excludes halogenated alkanes) is 1. The molecule has 0 amide bonds. The number of nitrogens with zero attached hydrogens (tertiary/aromatic N) is 2. The molecule has 0 saturated heterocycles. The molecule has 0 aliphatic heterocycles. The molecule has 0 fully saturated rings. The number of fused-ring (bicyclic) bond motifs is 1. The van der Waals surface area contributed by atoms with Crippen LogP contribution in [0, 0.1) is 6.92 Å². The number of rotatable bonds is 10. The van der Waals surface area contributed by atoms with Gasteiger partial charge in [-0.05, 0) is 62.6 Å². The van der Waals surface area contributed by atoms with Crippen LogP contribution in [0.4, 0.5) is 0 Å². The third kappa shape index (κ3) is 4.93. The van der Waals surface area contributed by atoms with E-state index in [2.05, 4.69) is 28.3 Å². The molecule has 0 N–H and O–H groups in total. The van der Waals surface area contributed by atoms with Crippen molar-refractivity contribution in [3.63, 3.8) is 0 Å². The fourth-order valence-electron chi connectivity index (χ4n) is 2.41. The van der Waals surface area contributed by atoms with Crippen molar-refractivity contribution in [2.45, 2.75) is 26.7 Å². The molecule has 0 bridgehead atoms. The number of hydrogen-bond donors (Lipinski definition) is 0. The van der Waals surface area contributed by atoms with E-state index in [-0.39, 0.29) is 0 Å². The lowest BCUT2D eigenvalue weighted by molar-refractivity contribution is 0.148. The third-order valence-corrected chi connectivity index (χ3v) is 4.72. The van der Waals surface area contributed by atoms with Crippen LogP contribution >= 0.6 is 11.5 Å². The van der Waals surface area contributed by atoms with Crippen LogP contribution in [0.5, 0.6) is 5.75 Å². The molecule has 0 aliphatic rings. The van der Waals surface area contributed by atoms with Crippen molar-refractivity contribution in [3.8, 4) is 5.75 Å². The summed E-state index contributed by atoms with van der Waals surface area (Å²) in [5, 5.41) is 1.23. The molecule has 0 unspecified atom stereocenters. The molecule has 122 valence electrons. The minimum atomic E-state index is 0.769. The summed E-state index contributed by atoms with van der Waals surface area (Å²) in [5.74, 6) is 0.947. The lowest BCUT2D eigenvalue weighted by Gasteiger charge is -2.19. The molecular formula is C17H26N2O2S. The molecule has 0 atom stereocenters. The Kier molecular flexibility index (Phi) is 7.09. The topological polar surface area (TPSA) is 34.6 Å². The van der Waals surface area contributed by atoms with Gasteiger partial charge in [-0.25, -0.2) is 0 Å². The largest absolute Gasteiger partial charge is 0.494 e. The van der Waals surface area contributed by atoms with Crippen molar-refractivity contribution in [2.75, 3.05) is 40.0 Å². The van der Waals surface area contributed by atoms with Crippen LogP contribution in [0.25, 0.3) is 10.1 Å². The standard InChI is InChI=1S/C17H26N2O2S/c1-4-19(10-12-20-3)9-5-6-11-21-15-7-8-16-14(2)18-22-17(16)13-15/h7-8,13H,4-6,9-12H2,1-3H3. The van der Waals surface area contributed by atoms with E-state index in [0.29, 0.717) is 0 Å². The van der Waals surface area contributed by atoms with E-state index < -0.39 is 0 Å². The van der Waals surface area contributed by atoms with E-state index in [0.717, 1.165) is 57.1 Å². The fourth-order valence-corrected chi connectivity index (χ4v) is 3.23. The predicted molar refractivity (Wildman–Crippen MR) is 93.1 cm³/mol. The third-order valence-electron chi connectivity index (χ3n) is 3.82. The van der Waals surface area contributed by atoms with E-state index in [1.807, 2.05) is 13.0 Å². The molecular weight excluding hydrogens is 296 g/mol. The molecule has 22 heavy (non-hydrogen) atoms. The minimum absolute atomic E-state index is 0.769. The maximum Gasteiger partial charge on any atom is 0.120 e. The summed E-state index contributed by atoms with van der Waals surface area (Å²) >= 11 is 1.54. The highest BCUT2D eigenvalue weighted by molar-refractivity contribution is 7.13. The second kappa shape index (κ2) is 9.08. The zero-order valence-corrected chi connectivity index (χ0v) is 14.6. The van der Waals surface area contributed by atoms with Gasteiger partial charge in [0.15, 0.2) is 0 Å². The van der Waals surface area contributed by atoms with Gasteiger partial charge in [0.1, 0.15) is 5.75 Å². The van der Waals surface area contributed by atoms with Gasteiger partial charge in [-0.15, -0.1) is 0 Å². The lowest BCUT2D eigenvalue weighted by Crippen LogP contribution is -2.28. The smallest absolute Gasteiger partial charge is 0.120 e. The quantitative estimate of drug-likeness (QED) is 0.624. The Morgan fingerprint density at radius 2 is 2.05 bits per heavy atom. The van der Waals surface area contributed by atoms with Crippen molar-refractivity contribution < 1.29 is 9.47 Å². The van der Waals surface area contributed by atoms with Crippen LogP contribution in [-0.2, 0) is 4.74 Å². The maximum atomic E-state index is 5.86. The van der Waals surface area contributed by atoms with E-state index in [9.17, 15) is 0 Å². The Hall–Kier alpha value is -1.17. The first kappa shape index (κ1) is 17.2. The number of benzene rings is 1. The van der Waals surface area contributed by atoms with Gasteiger partial charge in [0.25, 0.3) is 0 Å².